The van der Waals surface area contributed by atoms with Crippen LogP contribution >= 0.6 is 0 Å². The highest BCUT2D eigenvalue weighted by molar-refractivity contribution is 6.01. The van der Waals surface area contributed by atoms with E-state index in [0.29, 0.717) is 12.1 Å². The lowest BCUT2D eigenvalue weighted by atomic mass is 10.0. The normalized spacial score (nSPS) is 15.8. The van der Waals surface area contributed by atoms with Crippen LogP contribution in [0.2, 0.25) is 0 Å². The van der Waals surface area contributed by atoms with Gasteiger partial charge in [-0.1, -0.05) is 60.7 Å². The van der Waals surface area contributed by atoms with Crippen LogP contribution in [-0.4, -0.2) is 23.5 Å². The Kier molecular flexibility index (Phi) is 5.52. The Balaban J connectivity index is 1.70. The summed E-state index contributed by atoms with van der Waals surface area (Å²) < 4.78 is 6.05. The van der Waals surface area contributed by atoms with E-state index in [1.807, 2.05) is 85.5 Å². The monoisotopic (exact) mass is 386 g/mol. The average molecular weight is 386 g/mol. The summed E-state index contributed by atoms with van der Waals surface area (Å²) in [6.45, 7) is 4.64. The van der Waals surface area contributed by atoms with Crippen molar-refractivity contribution in [2.75, 3.05) is 11.9 Å². The summed E-state index contributed by atoms with van der Waals surface area (Å²) in [5.41, 5.74) is 3.75. The minimum Gasteiger partial charge on any atom is -0.491 e. The minimum atomic E-state index is -0.281. The number of carbonyl (C=O) groups excluding carboxylic acids is 1. The number of hydrogen-bond acceptors (Lipinski definition) is 3. The molecule has 0 aliphatic carbocycles. The number of nitrogens with one attached hydrogen (secondary N) is 1. The molecule has 1 unspecified atom stereocenters. The number of benzene rings is 3. The van der Waals surface area contributed by atoms with E-state index < -0.39 is 0 Å². The van der Waals surface area contributed by atoms with Crippen LogP contribution in [0.4, 0.5) is 5.69 Å². The number of anilines is 1. The van der Waals surface area contributed by atoms with Crippen molar-refractivity contribution in [2.45, 2.75) is 32.5 Å². The second kappa shape index (κ2) is 8.39. The Labute approximate surface area is 172 Å². The molecule has 1 atom stereocenters. The number of nitrogens with zero attached hydrogens (tertiary/aromatic N) is 1. The number of carbonyl (C=O) groups is 1. The highest BCUT2D eigenvalue weighted by atomic mass is 16.5. The molecular weight excluding hydrogens is 360 g/mol. The first-order chi connectivity index (χ1) is 14.1. The number of para-hydroxylation sites is 2. The van der Waals surface area contributed by atoms with E-state index >= 15 is 0 Å². The predicted molar refractivity (Wildman–Crippen MR) is 116 cm³/mol. The largest absolute Gasteiger partial charge is 0.491 e. The molecule has 4 heteroatoms. The van der Waals surface area contributed by atoms with Gasteiger partial charge in [-0.3, -0.25) is 4.79 Å². The van der Waals surface area contributed by atoms with E-state index in [1.54, 1.807) is 0 Å². The molecule has 29 heavy (non-hydrogen) atoms. The van der Waals surface area contributed by atoms with E-state index in [-0.39, 0.29) is 18.2 Å². The van der Waals surface area contributed by atoms with Crippen molar-refractivity contribution in [3.8, 4) is 5.75 Å². The van der Waals surface area contributed by atoms with Crippen molar-refractivity contribution in [3.63, 3.8) is 0 Å². The van der Waals surface area contributed by atoms with Crippen LogP contribution in [0.1, 0.15) is 41.5 Å². The second-order valence-corrected chi connectivity index (χ2v) is 7.53. The maximum atomic E-state index is 13.4. The SMILES string of the molecule is CC(C)Oc1ccccc1C1Nc2ccccc2C(=O)N1CCc1ccccc1. The van der Waals surface area contributed by atoms with Gasteiger partial charge < -0.3 is 15.0 Å². The van der Waals surface area contributed by atoms with Gasteiger partial charge in [-0.05, 0) is 44.0 Å². The van der Waals surface area contributed by atoms with Gasteiger partial charge in [-0.2, -0.15) is 0 Å². The Morgan fingerprint density at radius 1 is 0.931 bits per heavy atom. The number of hydrogen-bond donors (Lipinski definition) is 1. The molecule has 1 heterocycles. The van der Waals surface area contributed by atoms with Crippen molar-refractivity contribution >= 4 is 11.6 Å². The molecule has 1 amide bonds. The second-order valence-electron chi connectivity index (χ2n) is 7.53. The topological polar surface area (TPSA) is 41.6 Å². The Bertz CT molecular complexity index is 985. The van der Waals surface area contributed by atoms with Crippen LogP contribution in [0, 0.1) is 0 Å². The standard InChI is InChI=1S/C25H26N2O2/c1-18(2)29-23-15-9-7-13-21(23)24-26-22-14-8-6-12-20(22)25(28)27(24)17-16-19-10-4-3-5-11-19/h3-15,18,24,26H,16-17H2,1-2H3. The third-order valence-corrected chi connectivity index (χ3v) is 5.08. The fourth-order valence-electron chi connectivity index (χ4n) is 3.73. The molecule has 1 aliphatic rings. The molecular formula is C25H26N2O2. The van der Waals surface area contributed by atoms with Gasteiger partial charge in [-0.15, -0.1) is 0 Å². The molecule has 0 radical (unpaired) electrons. The summed E-state index contributed by atoms with van der Waals surface area (Å²) in [7, 11) is 0. The van der Waals surface area contributed by atoms with Crippen LogP contribution in [0.15, 0.2) is 78.9 Å². The van der Waals surface area contributed by atoms with Gasteiger partial charge >= 0.3 is 0 Å². The third-order valence-electron chi connectivity index (χ3n) is 5.08. The molecule has 0 aromatic heterocycles. The first-order valence-electron chi connectivity index (χ1n) is 10.1. The fraction of sp³-hybridized carbons (Fsp3) is 0.240. The summed E-state index contributed by atoms with van der Waals surface area (Å²) in [6, 6.07) is 25.9. The van der Waals surface area contributed by atoms with Gasteiger partial charge in [0.2, 0.25) is 0 Å². The van der Waals surface area contributed by atoms with Crippen LogP contribution in [0.5, 0.6) is 5.75 Å². The van der Waals surface area contributed by atoms with Gasteiger partial charge in [0.05, 0.1) is 11.7 Å². The predicted octanol–water partition coefficient (Wildman–Crippen LogP) is 5.28. The number of ether oxygens (including phenoxy) is 1. The smallest absolute Gasteiger partial charge is 0.257 e. The van der Waals surface area contributed by atoms with E-state index in [2.05, 4.69) is 17.4 Å². The summed E-state index contributed by atoms with van der Waals surface area (Å²) >= 11 is 0. The van der Waals surface area contributed by atoms with Gasteiger partial charge in [0.25, 0.3) is 5.91 Å². The Morgan fingerprint density at radius 2 is 1.62 bits per heavy atom. The van der Waals surface area contributed by atoms with E-state index in [0.717, 1.165) is 23.4 Å². The quantitative estimate of drug-likeness (QED) is 0.626. The molecule has 0 saturated carbocycles. The zero-order chi connectivity index (χ0) is 20.2. The third kappa shape index (κ3) is 4.11. The molecule has 0 fully saturated rings. The van der Waals surface area contributed by atoms with Crippen LogP contribution in [0.25, 0.3) is 0 Å². The van der Waals surface area contributed by atoms with E-state index in [4.69, 9.17) is 4.74 Å². The summed E-state index contributed by atoms with van der Waals surface area (Å²) in [5.74, 6) is 0.844. The van der Waals surface area contributed by atoms with Gasteiger partial charge in [-0.25, -0.2) is 0 Å². The number of fused-ring (bicyclic) bond motifs is 1. The van der Waals surface area contributed by atoms with Crippen molar-refractivity contribution < 1.29 is 9.53 Å². The molecule has 4 rings (SSSR count). The van der Waals surface area contributed by atoms with Crippen LogP contribution in [0.3, 0.4) is 0 Å². The first-order valence-corrected chi connectivity index (χ1v) is 10.1. The molecule has 0 saturated heterocycles. The van der Waals surface area contributed by atoms with Crippen molar-refractivity contribution in [1.82, 2.24) is 4.90 Å². The molecule has 4 nitrogen and oxygen atoms in total. The van der Waals surface area contributed by atoms with E-state index in [1.165, 1.54) is 5.56 Å². The van der Waals surface area contributed by atoms with Crippen molar-refractivity contribution in [3.05, 3.63) is 95.6 Å². The van der Waals surface area contributed by atoms with E-state index in [9.17, 15) is 4.79 Å². The molecule has 3 aromatic carbocycles. The summed E-state index contributed by atoms with van der Waals surface area (Å²) in [4.78, 5) is 15.3. The molecule has 1 aliphatic heterocycles. The molecule has 148 valence electrons. The summed E-state index contributed by atoms with van der Waals surface area (Å²) in [5, 5.41) is 3.57. The molecule has 0 spiro atoms. The lowest BCUT2D eigenvalue weighted by molar-refractivity contribution is 0.0682. The highest BCUT2D eigenvalue weighted by Crippen LogP contribution is 2.37. The first kappa shape index (κ1) is 19.1. The van der Waals surface area contributed by atoms with Gasteiger partial charge in [0, 0.05) is 17.8 Å². The average Bonchev–Trinajstić information content (AvgIpc) is 2.74. The summed E-state index contributed by atoms with van der Waals surface area (Å²) in [6.07, 6.45) is 0.566. The lowest BCUT2D eigenvalue weighted by Crippen LogP contribution is -2.44. The zero-order valence-corrected chi connectivity index (χ0v) is 16.8. The fourth-order valence-corrected chi connectivity index (χ4v) is 3.73. The molecule has 0 bridgehead atoms. The van der Waals surface area contributed by atoms with Crippen molar-refractivity contribution in [2.24, 2.45) is 0 Å². The van der Waals surface area contributed by atoms with Crippen LogP contribution < -0.4 is 10.1 Å². The lowest BCUT2D eigenvalue weighted by Gasteiger charge is -2.39. The zero-order valence-electron chi connectivity index (χ0n) is 16.8. The van der Waals surface area contributed by atoms with Crippen LogP contribution in [-0.2, 0) is 6.42 Å². The number of rotatable bonds is 6. The molecule has 3 aromatic rings. The van der Waals surface area contributed by atoms with Crippen molar-refractivity contribution in [1.29, 1.82) is 0 Å². The maximum absolute atomic E-state index is 13.4. The Morgan fingerprint density at radius 3 is 2.41 bits per heavy atom. The number of amides is 1. The minimum absolute atomic E-state index is 0.0413. The maximum Gasteiger partial charge on any atom is 0.257 e. The highest BCUT2D eigenvalue weighted by Gasteiger charge is 2.34. The van der Waals surface area contributed by atoms with Gasteiger partial charge in [0.15, 0.2) is 0 Å². The molecule has 1 N–H and O–H groups in total. The van der Waals surface area contributed by atoms with Gasteiger partial charge in [0.1, 0.15) is 11.9 Å². The Hall–Kier alpha value is -3.27.